The van der Waals surface area contributed by atoms with E-state index in [2.05, 4.69) is 5.32 Å². The van der Waals surface area contributed by atoms with Crippen molar-refractivity contribution < 1.29 is 28.2 Å². The summed E-state index contributed by atoms with van der Waals surface area (Å²) in [6.07, 6.45) is 0. The van der Waals surface area contributed by atoms with Crippen molar-refractivity contribution in [2.24, 2.45) is 0 Å². The number of urea groups is 1. The number of carbonyl (C=O) groups is 2. The molecule has 1 fully saturated rings. The minimum atomic E-state index is -3.14. The molecule has 1 rings (SSSR count). The second kappa shape index (κ2) is 5.53. The van der Waals surface area contributed by atoms with Crippen LogP contribution in [-0.2, 0) is 14.6 Å². The molecular weight excluding hydrogens is 264 g/mol. The SMILES string of the molecule is CC1CS(=O)(=O)CCN1C(=O)N[C@H](CO)C(=O)O. The van der Waals surface area contributed by atoms with Crippen LogP contribution in [0, 0.1) is 0 Å². The third-order valence-electron chi connectivity index (χ3n) is 2.71. The van der Waals surface area contributed by atoms with E-state index in [-0.39, 0.29) is 18.1 Å². The van der Waals surface area contributed by atoms with Gasteiger partial charge in [0.2, 0.25) is 0 Å². The molecule has 18 heavy (non-hydrogen) atoms. The number of sulfone groups is 1. The van der Waals surface area contributed by atoms with E-state index >= 15 is 0 Å². The number of hydrogen-bond acceptors (Lipinski definition) is 5. The fourth-order valence-electron chi connectivity index (χ4n) is 1.72. The molecular formula is C9H16N2O6S. The molecule has 0 radical (unpaired) electrons. The molecule has 1 saturated heterocycles. The zero-order valence-electron chi connectivity index (χ0n) is 9.87. The topological polar surface area (TPSA) is 124 Å². The molecule has 2 atom stereocenters. The monoisotopic (exact) mass is 280 g/mol. The van der Waals surface area contributed by atoms with Crippen molar-refractivity contribution in [3.8, 4) is 0 Å². The summed E-state index contributed by atoms with van der Waals surface area (Å²) in [7, 11) is -3.14. The number of nitrogens with zero attached hydrogens (tertiary/aromatic N) is 1. The molecule has 0 saturated carbocycles. The Hall–Kier alpha value is -1.35. The van der Waals surface area contributed by atoms with Crippen LogP contribution in [0.15, 0.2) is 0 Å². The smallest absolute Gasteiger partial charge is 0.328 e. The van der Waals surface area contributed by atoms with Gasteiger partial charge < -0.3 is 20.4 Å². The average Bonchev–Trinajstić information content (AvgIpc) is 2.23. The van der Waals surface area contributed by atoms with Crippen LogP contribution in [0.5, 0.6) is 0 Å². The molecule has 1 aliphatic heterocycles. The highest BCUT2D eigenvalue weighted by molar-refractivity contribution is 7.91. The number of carbonyl (C=O) groups excluding carboxylic acids is 1. The van der Waals surface area contributed by atoms with E-state index in [9.17, 15) is 18.0 Å². The molecule has 1 aliphatic rings. The van der Waals surface area contributed by atoms with Gasteiger partial charge in [-0.3, -0.25) is 0 Å². The molecule has 0 bridgehead atoms. The molecule has 0 spiro atoms. The van der Waals surface area contributed by atoms with Gasteiger partial charge in [-0.15, -0.1) is 0 Å². The van der Waals surface area contributed by atoms with E-state index < -0.39 is 40.5 Å². The van der Waals surface area contributed by atoms with Gasteiger partial charge in [0.15, 0.2) is 15.9 Å². The van der Waals surface area contributed by atoms with Crippen molar-refractivity contribution in [1.82, 2.24) is 10.2 Å². The lowest BCUT2D eigenvalue weighted by Crippen LogP contribution is -2.56. The molecule has 1 unspecified atom stereocenters. The largest absolute Gasteiger partial charge is 0.480 e. The highest BCUT2D eigenvalue weighted by atomic mass is 32.2. The maximum Gasteiger partial charge on any atom is 0.328 e. The van der Waals surface area contributed by atoms with Gasteiger partial charge >= 0.3 is 12.0 Å². The predicted molar refractivity (Wildman–Crippen MR) is 61.9 cm³/mol. The molecule has 0 aromatic rings. The second-order valence-corrected chi connectivity index (χ2v) is 6.41. The van der Waals surface area contributed by atoms with Gasteiger partial charge in [-0.2, -0.15) is 0 Å². The van der Waals surface area contributed by atoms with Gasteiger partial charge in [-0.1, -0.05) is 0 Å². The van der Waals surface area contributed by atoms with Crippen LogP contribution in [-0.4, -0.2) is 72.3 Å². The molecule has 0 aromatic heterocycles. The standard InChI is InChI=1S/C9H16N2O6S/c1-6-5-18(16,17)3-2-11(6)9(15)10-7(4-12)8(13)14/h6-7,12H,2-5H2,1H3,(H,10,15)(H,13,14)/t6?,7-/m1/s1. The second-order valence-electron chi connectivity index (χ2n) is 4.18. The number of aliphatic hydroxyl groups excluding tert-OH is 1. The van der Waals surface area contributed by atoms with Crippen molar-refractivity contribution in [2.75, 3.05) is 24.7 Å². The van der Waals surface area contributed by atoms with Crippen molar-refractivity contribution in [2.45, 2.75) is 19.0 Å². The highest BCUT2D eigenvalue weighted by Gasteiger charge is 2.32. The van der Waals surface area contributed by atoms with E-state index in [0.717, 1.165) is 0 Å². The number of aliphatic carboxylic acids is 1. The van der Waals surface area contributed by atoms with Crippen LogP contribution in [0.4, 0.5) is 4.79 Å². The van der Waals surface area contributed by atoms with Crippen molar-refractivity contribution in [3.05, 3.63) is 0 Å². The maximum absolute atomic E-state index is 11.7. The number of rotatable bonds is 3. The number of amides is 2. The normalized spacial score (nSPS) is 24.3. The Morgan fingerprint density at radius 3 is 2.56 bits per heavy atom. The van der Waals surface area contributed by atoms with Crippen molar-refractivity contribution in [1.29, 1.82) is 0 Å². The van der Waals surface area contributed by atoms with E-state index in [1.165, 1.54) is 4.90 Å². The van der Waals surface area contributed by atoms with Crippen LogP contribution >= 0.6 is 0 Å². The fraction of sp³-hybridized carbons (Fsp3) is 0.778. The molecule has 8 nitrogen and oxygen atoms in total. The van der Waals surface area contributed by atoms with Crippen LogP contribution in [0.25, 0.3) is 0 Å². The van der Waals surface area contributed by atoms with E-state index in [4.69, 9.17) is 10.2 Å². The first-order valence-corrected chi connectivity index (χ1v) is 7.20. The Labute approximate surface area is 104 Å². The Morgan fingerprint density at radius 2 is 2.11 bits per heavy atom. The summed E-state index contributed by atoms with van der Waals surface area (Å²) in [5, 5.41) is 19.6. The van der Waals surface area contributed by atoms with Gasteiger partial charge in [0, 0.05) is 12.6 Å². The van der Waals surface area contributed by atoms with Gasteiger partial charge in [-0.05, 0) is 6.92 Å². The Bertz CT molecular complexity index is 434. The number of carboxylic acids is 1. The Kier molecular flexibility index (Phi) is 4.52. The molecule has 2 amide bonds. The Morgan fingerprint density at radius 1 is 1.50 bits per heavy atom. The average molecular weight is 280 g/mol. The molecule has 0 aromatic carbocycles. The van der Waals surface area contributed by atoms with Crippen molar-refractivity contribution in [3.63, 3.8) is 0 Å². The van der Waals surface area contributed by atoms with Crippen LogP contribution in [0.2, 0.25) is 0 Å². The lowest BCUT2D eigenvalue weighted by atomic mass is 10.3. The minimum Gasteiger partial charge on any atom is -0.480 e. The minimum absolute atomic E-state index is 0.0209. The summed E-state index contributed by atoms with van der Waals surface area (Å²) in [5.74, 6) is -1.62. The lowest BCUT2D eigenvalue weighted by Gasteiger charge is -2.33. The first-order chi connectivity index (χ1) is 8.26. The summed E-state index contributed by atoms with van der Waals surface area (Å²) < 4.78 is 22.6. The van der Waals surface area contributed by atoms with E-state index in [0.29, 0.717) is 0 Å². The maximum atomic E-state index is 11.7. The molecule has 0 aliphatic carbocycles. The third-order valence-corrected chi connectivity index (χ3v) is 4.50. The predicted octanol–water partition coefficient (Wildman–Crippen LogP) is -1.74. The third kappa shape index (κ3) is 3.57. The number of hydrogen-bond donors (Lipinski definition) is 3. The summed E-state index contributed by atoms with van der Waals surface area (Å²) in [6.45, 7) is 0.875. The molecule has 9 heteroatoms. The molecule has 104 valence electrons. The van der Waals surface area contributed by atoms with Crippen molar-refractivity contribution >= 4 is 21.8 Å². The first-order valence-electron chi connectivity index (χ1n) is 5.38. The van der Waals surface area contributed by atoms with Gasteiger partial charge in [0.05, 0.1) is 18.1 Å². The fourth-order valence-corrected chi connectivity index (χ4v) is 3.27. The van der Waals surface area contributed by atoms with Crippen LogP contribution in [0.1, 0.15) is 6.92 Å². The number of nitrogens with one attached hydrogen (secondary N) is 1. The summed E-state index contributed by atoms with van der Waals surface area (Å²) in [5.41, 5.74) is 0. The van der Waals surface area contributed by atoms with Gasteiger partial charge in [0.1, 0.15) is 0 Å². The van der Waals surface area contributed by atoms with Crippen LogP contribution in [0.3, 0.4) is 0 Å². The van der Waals surface area contributed by atoms with E-state index in [1.54, 1.807) is 6.92 Å². The van der Waals surface area contributed by atoms with Crippen LogP contribution < -0.4 is 5.32 Å². The zero-order chi connectivity index (χ0) is 13.9. The number of carboxylic acid groups (broad SMARTS) is 1. The first kappa shape index (κ1) is 14.7. The summed E-state index contributed by atoms with van der Waals surface area (Å²) in [4.78, 5) is 23.6. The molecule has 3 N–H and O–H groups in total. The quantitative estimate of drug-likeness (QED) is 0.564. The zero-order valence-corrected chi connectivity index (χ0v) is 10.7. The van der Waals surface area contributed by atoms with E-state index in [1.807, 2.05) is 0 Å². The summed E-state index contributed by atoms with van der Waals surface area (Å²) in [6, 6.07) is -2.58. The van der Waals surface area contributed by atoms with Gasteiger partial charge in [0.25, 0.3) is 0 Å². The number of aliphatic hydroxyl groups is 1. The Balaban J connectivity index is 2.65. The molecule has 1 heterocycles. The van der Waals surface area contributed by atoms with Gasteiger partial charge in [-0.25, -0.2) is 18.0 Å². The highest BCUT2D eigenvalue weighted by Crippen LogP contribution is 2.11. The lowest BCUT2D eigenvalue weighted by molar-refractivity contribution is -0.140. The summed E-state index contributed by atoms with van der Waals surface area (Å²) >= 11 is 0.